The zero-order valence-corrected chi connectivity index (χ0v) is 30.8. The quantitative estimate of drug-likeness (QED) is 0.0925. The van der Waals surface area contributed by atoms with Crippen molar-refractivity contribution in [3.8, 4) is 22.4 Å². The predicted octanol–water partition coefficient (Wildman–Crippen LogP) is 12.6. The van der Waals surface area contributed by atoms with Crippen molar-refractivity contribution in [1.29, 1.82) is 0 Å². The van der Waals surface area contributed by atoms with Gasteiger partial charge in [0.25, 0.3) is 0 Å². The smallest absolute Gasteiger partial charge is 0.385 e. The highest BCUT2D eigenvalue weighted by Crippen LogP contribution is 2.45. The van der Waals surface area contributed by atoms with Crippen LogP contribution in [-0.4, -0.2) is 54.9 Å². The molecule has 2 heterocycles. The summed E-state index contributed by atoms with van der Waals surface area (Å²) in [7, 11) is -3.13. The van der Waals surface area contributed by atoms with E-state index in [4.69, 9.17) is 9.31 Å². The molecule has 20 heteroatoms. The predicted molar refractivity (Wildman–Crippen MR) is 195 cm³/mol. The zero-order chi connectivity index (χ0) is 44.7. The summed E-state index contributed by atoms with van der Waals surface area (Å²) in [5.41, 5.74) is -2.86. The Hall–Kier alpha value is -5.76. The number of aliphatic imine (C=N–C) groups is 1. The molecule has 1 aliphatic heterocycles. The number of alkyl halides is 13. The minimum absolute atomic E-state index is 0.109. The molecule has 5 aromatic rings. The van der Waals surface area contributed by atoms with Crippen molar-refractivity contribution in [2.45, 2.75) is 37.3 Å². The van der Waals surface area contributed by atoms with Crippen molar-refractivity contribution in [1.82, 2.24) is 4.48 Å². The van der Waals surface area contributed by atoms with E-state index in [0.717, 1.165) is 66.7 Å². The van der Waals surface area contributed by atoms with Crippen LogP contribution in [0.5, 0.6) is 0 Å². The lowest BCUT2D eigenvalue weighted by molar-refractivity contribution is -0.295. The van der Waals surface area contributed by atoms with E-state index in [1.165, 1.54) is 18.2 Å². The Bertz CT molecular complexity index is 2450. The number of nitrogens with zero attached hydrogens (tertiary/aromatic N) is 2. The maximum Gasteiger partial charge on any atom is 0.598 e. The highest BCUT2D eigenvalue weighted by Gasteiger charge is 2.60. The van der Waals surface area contributed by atoms with Gasteiger partial charge in [-0.05, 0) is 89.9 Å². The third-order valence-electron chi connectivity index (χ3n) is 9.24. The number of allylic oxidation sites excluding steroid dienone is 2. The highest BCUT2D eigenvalue weighted by atomic mass is 19.4. The lowest BCUT2D eigenvalue weighted by atomic mass is 9.95. The van der Waals surface area contributed by atoms with Gasteiger partial charge >= 0.3 is 37.6 Å². The Balaban J connectivity index is 1.73. The summed E-state index contributed by atoms with van der Waals surface area (Å²) in [5.74, 6) is -13.1. The third kappa shape index (κ3) is 9.59. The van der Waals surface area contributed by atoms with Crippen LogP contribution in [0.15, 0.2) is 120 Å². The molecule has 4 nitrogen and oxygen atoms in total. The Morgan fingerprint density at radius 2 is 1.10 bits per heavy atom. The summed E-state index contributed by atoms with van der Waals surface area (Å²) in [6.45, 7) is -3.86. The van der Waals surface area contributed by atoms with Gasteiger partial charge in [-0.1, -0.05) is 54.6 Å². The molecular weight excluding hydrogens is 848 g/mol. The van der Waals surface area contributed by atoms with Crippen molar-refractivity contribution in [3.05, 3.63) is 154 Å². The molecule has 0 spiro atoms. The van der Waals surface area contributed by atoms with Crippen LogP contribution in [0.3, 0.4) is 0 Å². The monoisotopic (exact) mass is 874 g/mol. The van der Waals surface area contributed by atoms with Crippen LogP contribution >= 0.6 is 0 Å². The van der Waals surface area contributed by atoms with E-state index in [2.05, 4.69) is 4.99 Å². The second-order valence-electron chi connectivity index (χ2n) is 13.5. The molecule has 320 valence electrons. The van der Waals surface area contributed by atoms with E-state index in [0.29, 0.717) is 21.7 Å². The minimum atomic E-state index is -6.37. The normalized spacial score (nSPS) is 14.7. The van der Waals surface area contributed by atoms with E-state index in [-0.39, 0.29) is 28.1 Å². The van der Waals surface area contributed by atoms with E-state index < -0.39 is 90.6 Å². The molecule has 0 N–H and O–H groups in total. The van der Waals surface area contributed by atoms with Crippen molar-refractivity contribution in [2.24, 2.45) is 4.99 Å². The fraction of sp³-hybridized carbons (Fsp3) is 0.195. The first-order chi connectivity index (χ1) is 28.4. The molecule has 1 aliphatic rings. The number of aryl methyl sites for hydroxylation is 1. The summed E-state index contributed by atoms with van der Waals surface area (Å²) in [5, 5.41) is 0. The molecule has 4 aromatic carbocycles. The molecular formula is C41H26BF15N2O2. The van der Waals surface area contributed by atoms with Crippen molar-refractivity contribution in [2.75, 3.05) is 13.2 Å². The first-order valence-corrected chi connectivity index (χ1v) is 17.5. The van der Waals surface area contributed by atoms with Crippen LogP contribution in [0.25, 0.3) is 34.0 Å². The largest absolute Gasteiger partial charge is 0.598 e. The third-order valence-corrected chi connectivity index (χ3v) is 9.24. The van der Waals surface area contributed by atoms with Crippen molar-refractivity contribution >= 4 is 24.6 Å². The molecule has 0 aliphatic carbocycles. The van der Waals surface area contributed by atoms with Gasteiger partial charge in [-0.3, -0.25) is 0 Å². The second-order valence-corrected chi connectivity index (χ2v) is 13.5. The first-order valence-electron chi connectivity index (χ1n) is 17.5. The van der Waals surface area contributed by atoms with E-state index >= 15 is 0 Å². The van der Waals surface area contributed by atoms with Crippen LogP contribution in [0, 0.1) is 18.6 Å². The van der Waals surface area contributed by atoms with Crippen LogP contribution < -0.4 is 0 Å². The molecule has 61 heavy (non-hydrogen) atoms. The maximum atomic E-state index is 14.7. The van der Waals surface area contributed by atoms with Gasteiger partial charge in [0.15, 0.2) is 0 Å². The minimum Gasteiger partial charge on any atom is -0.385 e. The van der Waals surface area contributed by atoms with E-state index in [1.807, 2.05) is 0 Å². The highest BCUT2D eigenvalue weighted by molar-refractivity contribution is 6.44. The number of rotatable bonds is 12. The fourth-order valence-corrected chi connectivity index (χ4v) is 6.18. The maximum absolute atomic E-state index is 14.7. The van der Waals surface area contributed by atoms with Crippen LogP contribution in [0.2, 0.25) is 0 Å². The lowest BCUT2D eigenvalue weighted by Crippen LogP contribution is -2.48. The SMILES string of the molecule is Cc1ccccc1C1=CC(c2ccc(F)cc2)=N/C1=C\c1c(-c2ccccc2C(F)(F)F)cc(-c2ccc(F)cc2)n1B(OCC(F)(F)C(F)(F)F)OCC(F)(F)C(F)(F)F. The molecule has 6 rings (SSSR count). The average molecular weight is 874 g/mol. The molecule has 1 aromatic heterocycles. The molecule has 0 fully saturated rings. The molecule has 0 amide bonds. The van der Waals surface area contributed by atoms with Crippen molar-refractivity contribution in [3.63, 3.8) is 0 Å². The summed E-state index contributed by atoms with van der Waals surface area (Å²) in [6.07, 6.45) is -15.4. The zero-order valence-electron chi connectivity index (χ0n) is 30.8. The first kappa shape index (κ1) is 44.8. The van der Waals surface area contributed by atoms with Gasteiger partial charge in [-0.25, -0.2) is 13.8 Å². The van der Waals surface area contributed by atoms with Gasteiger partial charge in [0.1, 0.15) is 24.8 Å². The molecule has 0 unspecified atom stereocenters. The molecule has 0 bridgehead atoms. The summed E-state index contributed by atoms with van der Waals surface area (Å²) in [6, 6.07) is 19.3. The lowest BCUT2D eigenvalue weighted by Gasteiger charge is -2.26. The number of aromatic nitrogens is 1. The molecule has 0 radical (unpaired) electrons. The molecule has 0 atom stereocenters. The topological polar surface area (TPSA) is 35.8 Å². The Kier molecular flexibility index (Phi) is 12.2. The number of hydrogen-bond acceptors (Lipinski definition) is 3. The van der Waals surface area contributed by atoms with Crippen LogP contribution in [0.1, 0.15) is 27.9 Å². The van der Waals surface area contributed by atoms with Crippen molar-refractivity contribution < 1.29 is 75.2 Å². The summed E-state index contributed by atoms with van der Waals surface area (Å²) in [4.78, 5) is 4.58. The standard InChI is InChI=1S/C41H26BF15N2O2/c1-23-6-2-3-7-28(23)30-18-33(24-10-14-26(43)15-11-24)58-34(30)20-36-31(29-8-4-5-9-32(29)39(49,50)51)19-35(25-12-16-27(44)17-13-25)59(36)42(60-21-37(45,46)40(52,53)54)61-22-38(47,48)41(55,56)57/h2-20H,21-22H2,1H3/b34-20-. The number of hydrogen-bond donors (Lipinski definition) is 0. The van der Waals surface area contributed by atoms with Gasteiger partial charge in [0.2, 0.25) is 0 Å². The van der Waals surface area contributed by atoms with Crippen LogP contribution in [0.4, 0.5) is 65.9 Å². The Morgan fingerprint density at radius 3 is 1.61 bits per heavy atom. The van der Waals surface area contributed by atoms with Gasteiger partial charge in [0, 0.05) is 28.1 Å². The van der Waals surface area contributed by atoms with Gasteiger partial charge in [-0.2, -0.15) is 57.1 Å². The second kappa shape index (κ2) is 16.6. The van der Waals surface area contributed by atoms with Gasteiger partial charge < -0.3 is 13.8 Å². The Labute approximate surface area is 336 Å². The summed E-state index contributed by atoms with van der Waals surface area (Å²) >= 11 is 0. The Morgan fingerprint density at radius 1 is 0.607 bits per heavy atom. The van der Waals surface area contributed by atoms with E-state index in [1.54, 1.807) is 31.2 Å². The number of halogens is 15. The van der Waals surface area contributed by atoms with Gasteiger partial charge in [-0.15, -0.1) is 0 Å². The average Bonchev–Trinajstić information content (AvgIpc) is 3.76. The molecule has 0 saturated carbocycles. The molecule has 0 saturated heterocycles. The van der Waals surface area contributed by atoms with Gasteiger partial charge in [0.05, 0.1) is 17.0 Å². The number of benzene rings is 4. The summed E-state index contributed by atoms with van der Waals surface area (Å²) < 4.78 is 220. The van der Waals surface area contributed by atoms with Crippen LogP contribution in [-0.2, 0) is 15.5 Å². The van der Waals surface area contributed by atoms with E-state index in [9.17, 15) is 65.9 Å². The fourth-order valence-electron chi connectivity index (χ4n) is 6.18.